The molecule has 2 N–H and O–H groups in total. The Morgan fingerprint density at radius 3 is 3.19 bits per heavy atom. The van der Waals surface area contributed by atoms with Crippen molar-refractivity contribution in [2.24, 2.45) is 0 Å². The Kier molecular flexibility index (Phi) is 5.70. The quantitative estimate of drug-likeness (QED) is 0.790. The average Bonchev–Trinajstić information content (AvgIpc) is 3.14. The van der Waals surface area contributed by atoms with E-state index in [1.807, 2.05) is 24.5 Å². The van der Waals surface area contributed by atoms with E-state index in [-0.39, 0.29) is 6.61 Å². The summed E-state index contributed by atoms with van der Waals surface area (Å²) in [6.45, 7) is 3.44. The highest BCUT2D eigenvalue weighted by atomic mass is 16.5. The molecular weight excluding hydrogens is 338 g/mol. The smallest absolute Gasteiger partial charge is 0.119 e. The molecule has 1 aromatic heterocycles. The Hall–Kier alpha value is -2.37. The van der Waals surface area contributed by atoms with Crippen molar-refractivity contribution in [1.29, 1.82) is 0 Å². The Balaban J connectivity index is 1.34. The van der Waals surface area contributed by atoms with Gasteiger partial charge in [-0.3, -0.25) is 9.88 Å². The number of aliphatic hydroxyl groups excluding tert-OH is 1. The highest BCUT2D eigenvalue weighted by molar-refractivity contribution is 5.68. The summed E-state index contributed by atoms with van der Waals surface area (Å²) in [5, 5.41) is 12.7. The first-order chi connectivity index (χ1) is 13.3. The second kappa shape index (κ2) is 8.55. The summed E-state index contributed by atoms with van der Waals surface area (Å²) in [7, 11) is 0. The number of ether oxygens (including phenoxy) is 1. The third-order valence-electron chi connectivity index (χ3n) is 5.25. The van der Waals surface area contributed by atoms with Crippen molar-refractivity contribution in [2.45, 2.75) is 31.8 Å². The molecule has 2 heterocycles. The molecule has 1 aliphatic carbocycles. The van der Waals surface area contributed by atoms with E-state index in [4.69, 9.17) is 9.84 Å². The van der Waals surface area contributed by atoms with Crippen LogP contribution in [0.1, 0.15) is 29.5 Å². The summed E-state index contributed by atoms with van der Waals surface area (Å²) in [4.78, 5) is 6.75. The number of likely N-dealkylation sites (tertiary alicyclic amines) is 1. The predicted octanol–water partition coefficient (Wildman–Crippen LogP) is 2.60. The Labute approximate surface area is 160 Å². The highest BCUT2D eigenvalue weighted by Gasteiger charge is 2.24. The van der Waals surface area contributed by atoms with Crippen LogP contribution in [0.15, 0.2) is 48.8 Å². The number of rotatable bonds is 7. The minimum atomic E-state index is 0.0404. The van der Waals surface area contributed by atoms with E-state index >= 15 is 0 Å². The van der Waals surface area contributed by atoms with Gasteiger partial charge in [0.15, 0.2) is 0 Å². The first-order valence-corrected chi connectivity index (χ1v) is 9.77. The Morgan fingerprint density at radius 2 is 2.26 bits per heavy atom. The number of benzene rings is 1. The van der Waals surface area contributed by atoms with Gasteiger partial charge in [-0.25, -0.2) is 0 Å². The van der Waals surface area contributed by atoms with Gasteiger partial charge in [-0.2, -0.15) is 0 Å². The molecule has 1 aliphatic heterocycles. The molecular formula is C22H27N3O2. The summed E-state index contributed by atoms with van der Waals surface area (Å²) in [5.74, 6) is 0.827. The lowest BCUT2D eigenvalue weighted by atomic mass is 9.96. The first-order valence-electron chi connectivity index (χ1n) is 9.77. The largest absolute Gasteiger partial charge is 0.491 e. The lowest BCUT2D eigenvalue weighted by Gasteiger charge is -2.23. The zero-order chi connectivity index (χ0) is 18.5. The predicted molar refractivity (Wildman–Crippen MR) is 106 cm³/mol. The molecule has 1 aromatic carbocycles. The molecule has 27 heavy (non-hydrogen) atoms. The minimum Gasteiger partial charge on any atom is -0.491 e. The van der Waals surface area contributed by atoms with Crippen LogP contribution in [0.5, 0.6) is 5.75 Å². The fraction of sp³-hybridized carbons (Fsp3) is 0.409. The van der Waals surface area contributed by atoms with E-state index in [2.05, 4.69) is 39.5 Å². The molecule has 0 radical (unpaired) electrons. The number of pyridine rings is 1. The van der Waals surface area contributed by atoms with Gasteiger partial charge in [-0.15, -0.1) is 0 Å². The number of hydrogen-bond donors (Lipinski definition) is 2. The first kappa shape index (κ1) is 18.0. The van der Waals surface area contributed by atoms with Crippen molar-refractivity contribution in [3.05, 3.63) is 65.5 Å². The van der Waals surface area contributed by atoms with Crippen LogP contribution < -0.4 is 10.1 Å². The van der Waals surface area contributed by atoms with Crippen LogP contribution in [0.25, 0.3) is 5.70 Å². The molecule has 2 aromatic rings. The summed E-state index contributed by atoms with van der Waals surface area (Å²) in [6.07, 6.45) is 9.52. The number of hydrogen-bond acceptors (Lipinski definition) is 5. The molecule has 5 nitrogen and oxygen atoms in total. The van der Waals surface area contributed by atoms with Crippen molar-refractivity contribution >= 4 is 5.70 Å². The fourth-order valence-corrected chi connectivity index (χ4v) is 3.98. The lowest BCUT2D eigenvalue weighted by Crippen LogP contribution is -2.32. The van der Waals surface area contributed by atoms with Crippen LogP contribution in [0.3, 0.4) is 0 Å². The van der Waals surface area contributed by atoms with Crippen LogP contribution in [0, 0.1) is 0 Å². The van der Waals surface area contributed by atoms with Gasteiger partial charge >= 0.3 is 0 Å². The third-order valence-corrected chi connectivity index (χ3v) is 5.25. The van der Waals surface area contributed by atoms with E-state index in [1.54, 1.807) is 0 Å². The molecule has 0 amide bonds. The van der Waals surface area contributed by atoms with Crippen molar-refractivity contribution in [1.82, 2.24) is 15.2 Å². The van der Waals surface area contributed by atoms with E-state index in [0.29, 0.717) is 12.6 Å². The van der Waals surface area contributed by atoms with E-state index in [1.165, 1.54) is 22.4 Å². The van der Waals surface area contributed by atoms with Crippen LogP contribution in [0.2, 0.25) is 0 Å². The standard InChI is InChI=1S/C22H27N3O2/c26-11-12-27-20-5-1-3-17(13-20)15-25-10-8-19(16-25)24-22-6-2-4-18-14-23-9-7-21(18)22/h1,3,5-7,9,13-14,19,24,26H,2,4,8,10-12,15-16H2. The molecule has 142 valence electrons. The van der Waals surface area contributed by atoms with Crippen LogP contribution in [0.4, 0.5) is 0 Å². The van der Waals surface area contributed by atoms with Gasteiger partial charge in [0, 0.05) is 49.3 Å². The summed E-state index contributed by atoms with van der Waals surface area (Å²) < 4.78 is 5.52. The molecule has 1 atom stereocenters. The molecule has 0 bridgehead atoms. The molecule has 0 saturated carbocycles. The Morgan fingerprint density at radius 1 is 1.30 bits per heavy atom. The van der Waals surface area contributed by atoms with Gasteiger partial charge in [-0.05, 0) is 48.6 Å². The van der Waals surface area contributed by atoms with E-state index in [0.717, 1.165) is 44.6 Å². The zero-order valence-corrected chi connectivity index (χ0v) is 15.6. The van der Waals surface area contributed by atoms with Crippen molar-refractivity contribution in [3.8, 4) is 5.75 Å². The number of nitrogens with zero attached hydrogens (tertiary/aromatic N) is 2. The summed E-state index contributed by atoms with van der Waals surface area (Å²) in [6, 6.07) is 10.8. The SMILES string of the molecule is OCCOc1cccc(CN2CCC(NC3=CCCc4cnccc43)C2)c1. The topological polar surface area (TPSA) is 57.6 Å². The highest BCUT2D eigenvalue weighted by Crippen LogP contribution is 2.25. The van der Waals surface area contributed by atoms with E-state index < -0.39 is 0 Å². The Bertz CT molecular complexity index is 806. The zero-order valence-electron chi connectivity index (χ0n) is 15.6. The van der Waals surface area contributed by atoms with Gasteiger partial charge < -0.3 is 15.2 Å². The van der Waals surface area contributed by atoms with Crippen molar-refractivity contribution in [3.63, 3.8) is 0 Å². The summed E-state index contributed by atoms with van der Waals surface area (Å²) in [5.41, 5.74) is 5.17. The summed E-state index contributed by atoms with van der Waals surface area (Å²) >= 11 is 0. The lowest BCUT2D eigenvalue weighted by molar-refractivity contribution is 0.201. The maximum atomic E-state index is 8.90. The number of aromatic nitrogens is 1. The van der Waals surface area contributed by atoms with Crippen LogP contribution in [-0.2, 0) is 13.0 Å². The number of allylic oxidation sites excluding steroid dienone is 1. The second-order valence-electron chi connectivity index (χ2n) is 7.27. The molecule has 2 aliphatic rings. The van der Waals surface area contributed by atoms with Gasteiger partial charge in [0.25, 0.3) is 0 Å². The molecule has 1 fully saturated rings. The monoisotopic (exact) mass is 365 g/mol. The molecule has 4 rings (SSSR count). The normalized spacial score (nSPS) is 19.4. The van der Waals surface area contributed by atoms with Gasteiger partial charge in [0.2, 0.25) is 0 Å². The number of aliphatic hydroxyl groups is 1. The fourth-order valence-electron chi connectivity index (χ4n) is 3.98. The van der Waals surface area contributed by atoms with E-state index in [9.17, 15) is 0 Å². The molecule has 5 heteroatoms. The third kappa shape index (κ3) is 4.49. The van der Waals surface area contributed by atoms with Crippen molar-refractivity contribution in [2.75, 3.05) is 26.3 Å². The minimum absolute atomic E-state index is 0.0404. The molecule has 1 unspecified atom stereocenters. The second-order valence-corrected chi connectivity index (χ2v) is 7.27. The maximum absolute atomic E-state index is 8.90. The van der Waals surface area contributed by atoms with Gasteiger partial charge in [-0.1, -0.05) is 18.2 Å². The van der Waals surface area contributed by atoms with Gasteiger partial charge in [0.1, 0.15) is 12.4 Å². The van der Waals surface area contributed by atoms with Crippen LogP contribution in [-0.4, -0.2) is 47.3 Å². The van der Waals surface area contributed by atoms with Gasteiger partial charge in [0.05, 0.1) is 6.61 Å². The molecule has 0 spiro atoms. The average molecular weight is 365 g/mol. The maximum Gasteiger partial charge on any atom is 0.119 e. The number of aryl methyl sites for hydroxylation is 1. The number of fused-ring (bicyclic) bond motifs is 1. The van der Waals surface area contributed by atoms with Crippen LogP contribution >= 0.6 is 0 Å². The number of nitrogens with one attached hydrogen (secondary N) is 1. The molecule has 1 saturated heterocycles. The van der Waals surface area contributed by atoms with Crippen molar-refractivity contribution < 1.29 is 9.84 Å².